The second kappa shape index (κ2) is 7.76. The van der Waals surface area contributed by atoms with Gasteiger partial charge in [0.2, 0.25) is 5.91 Å². The molecule has 5 heteroatoms. The van der Waals surface area contributed by atoms with Gasteiger partial charge in [-0.15, -0.1) is 0 Å². The zero-order valence-corrected chi connectivity index (χ0v) is 15.2. The number of piperazine rings is 1. The summed E-state index contributed by atoms with van der Waals surface area (Å²) >= 11 is 0. The normalized spacial score (nSPS) is 18.1. The van der Waals surface area contributed by atoms with Crippen LogP contribution < -0.4 is 10.6 Å². The summed E-state index contributed by atoms with van der Waals surface area (Å²) in [6, 6.07) is 8.40. The molecule has 1 atom stereocenters. The molecule has 3 rings (SSSR count). The number of carbonyl (C=O) groups excluding carboxylic acids is 1. The summed E-state index contributed by atoms with van der Waals surface area (Å²) < 4.78 is 0. The van der Waals surface area contributed by atoms with Crippen LogP contribution >= 0.6 is 0 Å². The molecule has 5 nitrogen and oxygen atoms in total. The van der Waals surface area contributed by atoms with Gasteiger partial charge in [-0.1, -0.05) is 23.8 Å². The lowest BCUT2D eigenvalue weighted by molar-refractivity contribution is -0.118. The van der Waals surface area contributed by atoms with Crippen molar-refractivity contribution in [2.45, 2.75) is 26.8 Å². The van der Waals surface area contributed by atoms with Crippen molar-refractivity contribution in [3.63, 3.8) is 0 Å². The molecule has 2 heterocycles. The lowest BCUT2D eigenvalue weighted by Gasteiger charge is -2.35. The van der Waals surface area contributed by atoms with Crippen molar-refractivity contribution in [3.05, 3.63) is 58.9 Å². The largest absolute Gasteiger partial charge is 0.324 e. The minimum atomic E-state index is 0.0332. The third-order valence-electron chi connectivity index (χ3n) is 4.71. The number of carbonyl (C=O) groups is 1. The Morgan fingerprint density at radius 2 is 2.08 bits per heavy atom. The second-order valence-corrected chi connectivity index (χ2v) is 6.80. The van der Waals surface area contributed by atoms with Gasteiger partial charge in [-0.3, -0.25) is 14.7 Å². The van der Waals surface area contributed by atoms with Crippen LogP contribution in [0.25, 0.3) is 0 Å². The third kappa shape index (κ3) is 4.24. The Hall–Kier alpha value is -2.24. The Bertz CT molecular complexity index is 722. The zero-order chi connectivity index (χ0) is 17.8. The van der Waals surface area contributed by atoms with Crippen molar-refractivity contribution in [3.8, 4) is 0 Å². The fourth-order valence-corrected chi connectivity index (χ4v) is 3.58. The quantitative estimate of drug-likeness (QED) is 0.900. The van der Waals surface area contributed by atoms with Gasteiger partial charge in [0.25, 0.3) is 0 Å². The zero-order valence-electron chi connectivity index (χ0n) is 15.2. The molecule has 1 aromatic carbocycles. The Balaban J connectivity index is 1.71. The topological polar surface area (TPSA) is 57.3 Å². The van der Waals surface area contributed by atoms with E-state index in [1.54, 1.807) is 6.20 Å². The Morgan fingerprint density at radius 3 is 2.76 bits per heavy atom. The number of hydrogen-bond acceptors (Lipinski definition) is 4. The Labute approximate surface area is 149 Å². The average Bonchev–Trinajstić information content (AvgIpc) is 2.59. The first-order valence-electron chi connectivity index (χ1n) is 8.77. The number of nitrogens with zero attached hydrogens (tertiary/aromatic N) is 2. The van der Waals surface area contributed by atoms with Gasteiger partial charge in [0.15, 0.2) is 0 Å². The van der Waals surface area contributed by atoms with Crippen LogP contribution in [0.1, 0.15) is 28.3 Å². The molecule has 1 aromatic heterocycles. The molecule has 2 aromatic rings. The number of pyridine rings is 1. The van der Waals surface area contributed by atoms with Crippen molar-refractivity contribution >= 4 is 11.6 Å². The highest BCUT2D eigenvalue weighted by Gasteiger charge is 2.25. The number of anilines is 1. The van der Waals surface area contributed by atoms with Crippen LogP contribution in [0.5, 0.6) is 0 Å². The van der Waals surface area contributed by atoms with Crippen molar-refractivity contribution in [1.82, 2.24) is 15.2 Å². The molecule has 0 bridgehead atoms. The van der Waals surface area contributed by atoms with E-state index in [0.29, 0.717) is 6.54 Å². The van der Waals surface area contributed by atoms with Crippen LogP contribution in [0.2, 0.25) is 0 Å². The number of aryl methyl sites for hydroxylation is 3. The molecule has 1 aliphatic rings. The minimum Gasteiger partial charge on any atom is -0.324 e. The molecule has 1 unspecified atom stereocenters. The summed E-state index contributed by atoms with van der Waals surface area (Å²) in [5.74, 6) is 0.0332. The fraction of sp³-hybridized carbons (Fsp3) is 0.400. The lowest BCUT2D eigenvalue weighted by atomic mass is 10.0. The molecular weight excluding hydrogens is 312 g/mol. The van der Waals surface area contributed by atoms with Gasteiger partial charge in [0.05, 0.1) is 6.54 Å². The molecule has 1 fully saturated rings. The first kappa shape index (κ1) is 17.6. The van der Waals surface area contributed by atoms with Crippen molar-refractivity contribution < 1.29 is 4.79 Å². The molecule has 1 aliphatic heterocycles. The van der Waals surface area contributed by atoms with Crippen molar-refractivity contribution in [2.75, 3.05) is 31.5 Å². The maximum Gasteiger partial charge on any atom is 0.238 e. The molecule has 0 saturated carbocycles. The number of aromatic nitrogens is 1. The smallest absolute Gasteiger partial charge is 0.238 e. The van der Waals surface area contributed by atoms with E-state index in [4.69, 9.17) is 0 Å². The maximum absolute atomic E-state index is 12.7. The average molecular weight is 338 g/mol. The molecule has 2 N–H and O–H groups in total. The molecule has 1 saturated heterocycles. The number of hydrogen-bond donors (Lipinski definition) is 2. The van der Waals surface area contributed by atoms with E-state index in [1.165, 1.54) is 5.56 Å². The van der Waals surface area contributed by atoms with Crippen molar-refractivity contribution in [1.29, 1.82) is 0 Å². The Morgan fingerprint density at radius 1 is 1.32 bits per heavy atom. The molecule has 1 amide bonds. The van der Waals surface area contributed by atoms with Gasteiger partial charge in [-0.05, 0) is 43.5 Å². The van der Waals surface area contributed by atoms with Gasteiger partial charge in [0.1, 0.15) is 0 Å². The van der Waals surface area contributed by atoms with E-state index in [-0.39, 0.29) is 11.9 Å². The summed E-state index contributed by atoms with van der Waals surface area (Å²) in [7, 11) is 0. The highest BCUT2D eigenvalue weighted by Crippen LogP contribution is 2.23. The maximum atomic E-state index is 12.7. The van der Waals surface area contributed by atoms with Gasteiger partial charge < -0.3 is 10.6 Å². The van der Waals surface area contributed by atoms with E-state index < -0.39 is 0 Å². The first-order valence-corrected chi connectivity index (χ1v) is 8.77. The number of nitrogens with one attached hydrogen (secondary N) is 2. The van der Waals surface area contributed by atoms with Gasteiger partial charge in [0, 0.05) is 43.8 Å². The van der Waals surface area contributed by atoms with E-state index >= 15 is 0 Å². The lowest BCUT2D eigenvalue weighted by Crippen LogP contribution is -2.48. The van der Waals surface area contributed by atoms with E-state index in [2.05, 4.69) is 45.6 Å². The summed E-state index contributed by atoms with van der Waals surface area (Å²) in [5.41, 5.74) is 5.51. The number of amides is 1. The Kier molecular flexibility index (Phi) is 5.46. The third-order valence-corrected chi connectivity index (χ3v) is 4.71. The fourth-order valence-electron chi connectivity index (χ4n) is 3.58. The number of rotatable bonds is 4. The van der Waals surface area contributed by atoms with Crippen LogP contribution in [0.3, 0.4) is 0 Å². The van der Waals surface area contributed by atoms with Crippen molar-refractivity contribution in [2.24, 2.45) is 0 Å². The molecule has 0 aliphatic carbocycles. The highest BCUT2D eigenvalue weighted by atomic mass is 16.2. The minimum absolute atomic E-state index is 0.0332. The van der Waals surface area contributed by atoms with Gasteiger partial charge in [-0.25, -0.2) is 0 Å². The van der Waals surface area contributed by atoms with Gasteiger partial charge in [-0.2, -0.15) is 0 Å². The van der Waals surface area contributed by atoms with Gasteiger partial charge >= 0.3 is 0 Å². The standard InChI is InChI=1S/C20H26N4O/c1-14-9-15(2)20(16(3)10-14)23-19(25)13-24-8-7-22-12-18(24)17-5-4-6-21-11-17/h4-6,9-11,18,22H,7-8,12-13H2,1-3H3,(H,23,25). The van der Waals surface area contributed by atoms with Crippen LogP contribution in [-0.4, -0.2) is 42.0 Å². The molecular formula is C20H26N4O. The second-order valence-electron chi connectivity index (χ2n) is 6.80. The van der Waals surface area contributed by atoms with Crippen LogP contribution in [0, 0.1) is 20.8 Å². The summed E-state index contributed by atoms with van der Waals surface area (Å²) in [6.45, 7) is 9.11. The number of benzene rings is 1. The molecule has 25 heavy (non-hydrogen) atoms. The molecule has 132 valence electrons. The van der Waals surface area contributed by atoms with Crippen LogP contribution in [0.15, 0.2) is 36.7 Å². The SMILES string of the molecule is Cc1cc(C)c(NC(=O)CN2CCNCC2c2cccnc2)c(C)c1. The van der Waals surface area contributed by atoms with E-state index in [1.807, 2.05) is 26.1 Å². The van der Waals surface area contributed by atoms with Crippen LogP contribution in [-0.2, 0) is 4.79 Å². The predicted octanol–water partition coefficient (Wildman–Crippen LogP) is 2.59. The first-order chi connectivity index (χ1) is 12.0. The summed E-state index contributed by atoms with van der Waals surface area (Å²) in [5, 5.41) is 6.52. The van der Waals surface area contributed by atoms with Crippen LogP contribution in [0.4, 0.5) is 5.69 Å². The highest BCUT2D eigenvalue weighted by molar-refractivity contribution is 5.93. The van der Waals surface area contributed by atoms with E-state index in [0.717, 1.165) is 42.0 Å². The molecule has 0 radical (unpaired) electrons. The van der Waals surface area contributed by atoms with E-state index in [9.17, 15) is 4.79 Å². The summed E-state index contributed by atoms with van der Waals surface area (Å²) in [6.07, 6.45) is 3.66. The summed E-state index contributed by atoms with van der Waals surface area (Å²) in [4.78, 5) is 19.1. The predicted molar refractivity (Wildman–Crippen MR) is 101 cm³/mol. The molecule has 0 spiro atoms. The monoisotopic (exact) mass is 338 g/mol.